The molecule has 0 aromatic rings. The first kappa shape index (κ1) is 16.5. The molecule has 0 aromatic heterocycles. The van der Waals surface area contributed by atoms with E-state index < -0.39 is 8.07 Å². The van der Waals surface area contributed by atoms with E-state index in [0.29, 0.717) is 22.9 Å². The summed E-state index contributed by atoms with van der Waals surface area (Å²) in [5, 5.41) is 0. The molecule has 116 valence electrons. The Labute approximate surface area is 132 Å². The van der Waals surface area contributed by atoms with Crippen molar-refractivity contribution in [2.24, 2.45) is 11.8 Å². The molecule has 0 nitrogen and oxygen atoms in total. The first-order valence-electron chi connectivity index (χ1n) is 8.45. The van der Waals surface area contributed by atoms with Crippen LogP contribution in [-0.2, 0) is 0 Å². The molecule has 21 heavy (non-hydrogen) atoms. The Morgan fingerprint density at radius 2 is 1.05 bits per heavy atom. The van der Waals surface area contributed by atoms with E-state index in [9.17, 15) is 0 Å². The molecule has 0 spiro atoms. The van der Waals surface area contributed by atoms with Crippen LogP contribution < -0.4 is 0 Å². The standard InChI is InChI=1S/C20H32Si/c1-13(2)19-11-17(9-15(19)5)21(7,8)18-10-16(6)20(12-18)14(3)4/h9-14,17-18H,1-8H3. The molecule has 2 rings (SSSR count). The summed E-state index contributed by atoms with van der Waals surface area (Å²) in [5.41, 5.74) is 7.56. The summed E-state index contributed by atoms with van der Waals surface area (Å²) in [7, 11) is -1.40. The summed E-state index contributed by atoms with van der Waals surface area (Å²) in [6.07, 6.45) is 10.3. The smallest absolute Gasteiger partial charge is 0.0699 e. The van der Waals surface area contributed by atoms with Gasteiger partial charge in [-0.2, -0.15) is 0 Å². The van der Waals surface area contributed by atoms with Crippen LogP contribution in [0.3, 0.4) is 0 Å². The average molecular weight is 301 g/mol. The van der Waals surface area contributed by atoms with E-state index in [-0.39, 0.29) is 0 Å². The van der Waals surface area contributed by atoms with Crippen molar-refractivity contribution in [3.63, 3.8) is 0 Å². The zero-order chi connectivity index (χ0) is 15.9. The highest BCUT2D eigenvalue weighted by Gasteiger charge is 2.39. The quantitative estimate of drug-likeness (QED) is 0.518. The molecule has 2 aliphatic rings. The molecule has 0 fully saturated rings. The lowest BCUT2D eigenvalue weighted by Crippen LogP contribution is -2.34. The second-order valence-corrected chi connectivity index (χ2v) is 13.1. The average Bonchev–Trinajstić information content (AvgIpc) is 2.93. The summed E-state index contributed by atoms with van der Waals surface area (Å²) in [5.74, 6) is 1.30. The van der Waals surface area contributed by atoms with Crippen molar-refractivity contribution in [1.29, 1.82) is 0 Å². The number of hydrogen-bond acceptors (Lipinski definition) is 0. The predicted octanol–water partition coefficient (Wildman–Crippen LogP) is 6.52. The Balaban J connectivity index is 2.29. The second kappa shape index (κ2) is 5.76. The first-order valence-corrected chi connectivity index (χ1v) is 11.6. The Kier molecular flexibility index (Phi) is 4.54. The van der Waals surface area contributed by atoms with Gasteiger partial charge in [0.1, 0.15) is 0 Å². The van der Waals surface area contributed by atoms with Crippen LogP contribution in [0.15, 0.2) is 46.6 Å². The van der Waals surface area contributed by atoms with Gasteiger partial charge in [0.05, 0.1) is 8.07 Å². The minimum atomic E-state index is -1.40. The third-order valence-corrected chi connectivity index (χ3v) is 9.55. The second-order valence-electron chi connectivity index (χ2n) is 8.13. The fourth-order valence-corrected chi connectivity index (χ4v) is 6.88. The van der Waals surface area contributed by atoms with E-state index in [0.717, 1.165) is 0 Å². The molecule has 0 bridgehead atoms. The molecule has 0 saturated carbocycles. The molecular weight excluding hydrogens is 268 g/mol. The van der Waals surface area contributed by atoms with Crippen LogP contribution in [0.25, 0.3) is 0 Å². The number of rotatable bonds is 4. The fourth-order valence-electron chi connectivity index (χ4n) is 3.85. The summed E-state index contributed by atoms with van der Waals surface area (Å²) >= 11 is 0. The van der Waals surface area contributed by atoms with Crippen molar-refractivity contribution >= 4 is 8.07 Å². The SMILES string of the molecule is CC1=CC([Si](C)(C)C2C=C(C)C(C(C)C)=C2)C=C1C(C)C. The molecule has 2 unspecified atom stereocenters. The lowest BCUT2D eigenvalue weighted by molar-refractivity contribution is 0.779. The van der Waals surface area contributed by atoms with Gasteiger partial charge in [0.15, 0.2) is 0 Å². The van der Waals surface area contributed by atoms with Crippen LogP contribution in [0.1, 0.15) is 41.5 Å². The maximum atomic E-state index is 2.58. The van der Waals surface area contributed by atoms with Gasteiger partial charge in [0, 0.05) is 0 Å². The molecule has 1 heteroatoms. The van der Waals surface area contributed by atoms with E-state index in [1.54, 1.807) is 11.1 Å². The molecule has 0 aromatic carbocycles. The molecule has 2 atom stereocenters. The van der Waals surface area contributed by atoms with E-state index in [2.05, 4.69) is 78.9 Å². The van der Waals surface area contributed by atoms with E-state index in [1.165, 1.54) is 11.1 Å². The van der Waals surface area contributed by atoms with Crippen LogP contribution in [0, 0.1) is 11.8 Å². The summed E-state index contributed by atoms with van der Waals surface area (Å²) in [6.45, 7) is 19.0. The van der Waals surface area contributed by atoms with E-state index in [1.807, 2.05) is 0 Å². The van der Waals surface area contributed by atoms with Crippen molar-refractivity contribution < 1.29 is 0 Å². The minimum Gasteiger partial charge on any atom is -0.0771 e. The summed E-state index contributed by atoms with van der Waals surface area (Å²) in [4.78, 5) is 0. The van der Waals surface area contributed by atoms with Crippen LogP contribution in [0.5, 0.6) is 0 Å². The maximum Gasteiger partial charge on any atom is 0.0699 e. The van der Waals surface area contributed by atoms with Crippen molar-refractivity contribution in [2.75, 3.05) is 0 Å². The molecule has 0 saturated heterocycles. The molecule has 2 aliphatic carbocycles. The zero-order valence-corrected chi connectivity index (χ0v) is 16.1. The van der Waals surface area contributed by atoms with Gasteiger partial charge < -0.3 is 0 Å². The lowest BCUT2D eigenvalue weighted by atomic mass is 10.00. The number of allylic oxidation sites excluding steroid dienone is 8. The van der Waals surface area contributed by atoms with Crippen LogP contribution in [-0.4, -0.2) is 8.07 Å². The van der Waals surface area contributed by atoms with Gasteiger partial charge in [0.2, 0.25) is 0 Å². The van der Waals surface area contributed by atoms with E-state index in [4.69, 9.17) is 0 Å². The van der Waals surface area contributed by atoms with Gasteiger partial charge in [-0.05, 0) is 47.9 Å². The fraction of sp³-hybridized carbons (Fsp3) is 0.600. The van der Waals surface area contributed by atoms with Crippen molar-refractivity contribution in [2.45, 2.75) is 65.7 Å². The molecule has 0 amide bonds. The topological polar surface area (TPSA) is 0 Å². The molecule has 0 N–H and O–H groups in total. The van der Waals surface area contributed by atoms with Crippen molar-refractivity contribution in [3.05, 3.63) is 46.6 Å². The number of hydrogen-bond donors (Lipinski definition) is 0. The predicted molar refractivity (Wildman–Crippen MR) is 98.3 cm³/mol. The van der Waals surface area contributed by atoms with Crippen LogP contribution in [0.2, 0.25) is 24.2 Å². The molecule has 0 aliphatic heterocycles. The van der Waals surface area contributed by atoms with Crippen molar-refractivity contribution in [3.8, 4) is 0 Å². The van der Waals surface area contributed by atoms with Gasteiger partial charge in [-0.15, -0.1) is 0 Å². The molecule has 0 heterocycles. The third kappa shape index (κ3) is 3.04. The Bertz CT molecular complexity index is 490. The monoisotopic (exact) mass is 300 g/mol. The first-order chi connectivity index (χ1) is 9.64. The summed E-state index contributed by atoms with van der Waals surface area (Å²) in [6, 6.07) is 0. The molecular formula is C20H32Si. The Morgan fingerprint density at radius 3 is 1.29 bits per heavy atom. The van der Waals surface area contributed by atoms with Crippen LogP contribution in [0.4, 0.5) is 0 Å². The van der Waals surface area contributed by atoms with Gasteiger partial charge >= 0.3 is 0 Å². The zero-order valence-electron chi connectivity index (χ0n) is 15.1. The molecule has 0 radical (unpaired) electrons. The highest BCUT2D eigenvalue weighted by Crippen LogP contribution is 2.47. The Hall–Kier alpha value is -0.823. The van der Waals surface area contributed by atoms with Gasteiger partial charge in [0.25, 0.3) is 0 Å². The highest BCUT2D eigenvalue weighted by atomic mass is 28.3. The highest BCUT2D eigenvalue weighted by molar-refractivity contribution is 6.82. The van der Waals surface area contributed by atoms with Gasteiger partial charge in [-0.25, -0.2) is 0 Å². The Morgan fingerprint density at radius 1 is 0.714 bits per heavy atom. The summed E-state index contributed by atoms with van der Waals surface area (Å²) < 4.78 is 0. The lowest BCUT2D eigenvalue weighted by Gasteiger charge is -2.32. The maximum absolute atomic E-state index is 2.58. The normalized spacial score (nSPS) is 26.2. The van der Waals surface area contributed by atoms with E-state index >= 15 is 0 Å². The largest absolute Gasteiger partial charge is 0.0771 e. The third-order valence-electron chi connectivity index (χ3n) is 5.45. The van der Waals surface area contributed by atoms with Gasteiger partial charge in [-0.1, -0.05) is 76.2 Å². The minimum absolute atomic E-state index is 0.652. The van der Waals surface area contributed by atoms with Crippen molar-refractivity contribution in [1.82, 2.24) is 0 Å². The van der Waals surface area contributed by atoms with Crippen LogP contribution >= 0.6 is 0 Å². The van der Waals surface area contributed by atoms with Gasteiger partial charge in [-0.3, -0.25) is 0 Å².